The number of rotatable bonds is 6. The lowest BCUT2D eigenvalue weighted by Gasteiger charge is -2.11. The van der Waals surface area contributed by atoms with Crippen LogP contribution in [0.25, 0.3) is 0 Å². The molecule has 0 saturated heterocycles. The third kappa shape index (κ3) is 3.23. The number of ether oxygens (including phenoxy) is 2. The molecule has 6 nitrogen and oxygen atoms in total. The van der Waals surface area contributed by atoms with E-state index in [1.54, 1.807) is 25.1 Å². The quantitative estimate of drug-likeness (QED) is 0.845. The van der Waals surface area contributed by atoms with Gasteiger partial charge < -0.3 is 14.8 Å². The minimum Gasteiger partial charge on any atom is -0.497 e. The first-order chi connectivity index (χ1) is 9.24. The van der Waals surface area contributed by atoms with E-state index in [0.717, 1.165) is 22.8 Å². The molecule has 1 heterocycles. The molecule has 0 unspecified atom stereocenters. The molecule has 0 atom stereocenters. The Morgan fingerprint density at radius 3 is 2.68 bits per heavy atom. The fourth-order valence-corrected chi connectivity index (χ4v) is 1.79. The normalized spacial score (nSPS) is 10.5. The molecule has 0 aliphatic carbocycles. The van der Waals surface area contributed by atoms with E-state index in [1.165, 1.54) is 0 Å². The smallest absolute Gasteiger partial charge is 0.127 e. The van der Waals surface area contributed by atoms with Crippen LogP contribution in [0.2, 0.25) is 0 Å². The van der Waals surface area contributed by atoms with Gasteiger partial charge in [0.15, 0.2) is 0 Å². The van der Waals surface area contributed by atoms with Gasteiger partial charge in [-0.1, -0.05) is 11.3 Å². The number of benzene rings is 1. The van der Waals surface area contributed by atoms with Crippen molar-refractivity contribution in [1.29, 1.82) is 0 Å². The second kappa shape index (κ2) is 6.19. The summed E-state index contributed by atoms with van der Waals surface area (Å²) in [7, 11) is 5.17. The molecule has 0 spiro atoms. The Balaban J connectivity index is 1.97. The summed E-state index contributed by atoms with van der Waals surface area (Å²) in [6.45, 7) is 1.41. The first-order valence-corrected chi connectivity index (χ1v) is 5.99. The first-order valence-electron chi connectivity index (χ1n) is 5.99. The van der Waals surface area contributed by atoms with Crippen LogP contribution in [-0.2, 0) is 20.1 Å². The highest BCUT2D eigenvalue weighted by Gasteiger charge is 2.05. The van der Waals surface area contributed by atoms with E-state index in [2.05, 4.69) is 15.6 Å². The molecule has 1 aromatic carbocycles. The van der Waals surface area contributed by atoms with Crippen molar-refractivity contribution in [3.8, 4) is 11.5 Å². The lowest BCUT2D eigenvalue weighted by Crippen LogP contribution is -2.15. The molecule has 0 aliphatic heterocycles. The second-order valence-electron chi connectivity index (χ2n) is 4.13. The van der Waals surface area contributed by atoms with E-state index < -0.39 is 0 Å². The van der Waals surface area contributed by atoms with E-state index in [-0.39, 0.29) is 0 Å². The second-order valence-corrected chi connectivity index (χ2v) is 4.13. The van der Waals surface area contributed by atoms with Gasteiger partial charge in [-0.15, -0.1) is 5.10 Å². The van der Waals surface area contributed by atoms with Crippen LogP contribution in [0.15, 0.2) is 24.4 Å². The largest absolute Gasteiger partial charge is 0.497 e. The van der Waals surface area contributed by atoms with E-state index >= 15 is 0 Å². The fourth-order valence-electron chi connectivity index (χ4n) is 1.79. The van der Waals surface area contributed by atoms with Crippen LogP contribution in [0.5, 0.6) is 11.5 Å². The van der Waals surface area contributed by atoms with Crippen molar-refractivity contribution in [1.82, 2.24) is 20.3 Å². The van der Waals surface area contributed by atoms with Crippen molar-refractivity contribution in [2.75, 3.05) is 14.2 Å². The van der Waals surface area contributed by atoms with Crippen LogP contribution >= 0.6 is 0 Å². The molecule has 0 fully saturated rings. The van der Waals surface area contributed by atoms with Crippen molar-refractivity contribution in [3.63, 3.8) is 0 Å². The Morgan fingerprint density at radius 1 is 1.21 bits per heavy atom. The van der Waals surface area contributed by atoms with Crippen molar-refractivity contribution in [3.05, 3.63) is 35.7 Å². The summed E-state index contributed by atoms with van der Waals surface area (Å²) in [5.41, 5.74) is 2.12. The number of nitrogens with one attached hydrogen (secondary N) is 1. The zero-order valence-corrected chi connectivity index (χ0v) is 11.4. The average molecular weight is 262 g/mol. The Morgan fingerprint density at radius 2 is 2.05 bits per heavy atom. The number of aromatic nitrogens is 3. The van der Waals surface area contributed by atoms with E-state index in [9.17, 15) is 0 Å². The van der Waals surface area contributed by atoms with Crippen LogP contribution in [-0.4, -0.2) is 29.2 Å². The molecule has 2 aromatic rings. The monoisotopic (exact) mass is 262 g/mol. The molecule has 2 rings (SSSR count). The highest BCUT2D eigenvalue weighted by atomic mass is 16.5. The zero-order chi connectivity index (χ0) is 13.7. The minimum atomic E-state index is 0.707. The number of aryl methyl sites for hydroxylation is 1. The van der Waals surface area contributed by atoms with Crippen molar-refractivity contribution >= 4 is 0 Å². The van der Waals surface area contributed by atoms with Gasteiger partial charge in [-0.2, -0.15) is 0 Å². The number of hydrogen-bond donors (Lipinski definition) is 1. The van der Waals surface area contributed by atoms with Gasteiger partial charge in [0.1, 0.15) is 11.5 Å². The average Bonchev–Trinajstić information content (AvgIpc) is 2.84. The molecular weight excluding hydrogens is 244 g/mol. The standard InChI is InChI=1S/C13H18N4O2/c1-17-11(9-15-16-17)8-14-7-10-4-5-12(18-2)6-13(10)19-3/h4-6,9,14H,7-8H2,1-3H3. The summed E-state index contributed by atoms with van der Waals surface area (Å²) in [5, 5.41) is 11.1. The van der Waals surface area contributed by atoms with Gasteiger partial charge in [-0.25, -0.2) is 0 Å². The van der Waals surface area contributed by atoms with Gasteiger partial charge in [0, 0.05) is 31.8 Å². The number of hydrogen-bond acceptors (Lipinski definition) is 5. The third-order valence-corrected chi connectivity index (χ3v) is 2.92. The van der Waals surface area contributed by atoms with Crippen molar-refractivity contribution in [2.24, 2.45) is 7.05 Å². The molecule has 1 N–H and O–H groups in total. The van der Waals surface area contributed by atoms with Gasteiger partial charge in [-0.05, 0) is 6.07 Å². The SMILES string of the molecule is COc1ccc(CNCc2cnnn2C)c(OC)c1. The summed E-state index contributed by atoms with van der Waals surface area (Å²) < 4.78 is 12.3. The summed E-state index contributed by atoms with van der Waals surface area (Å²) in [4.78, 5) is 0. The molecule has 1 aromatic heterocycles. The van der Waals surface area contributed by atoms with Gasteiger partial charge in [0.05, 0.1) is 26.1 Å². The van der Waals surface area contributed by atoms with E-state index in [1.807, 2.05) is 25.2 Å². The summed E-state index contributed by atoms with van der Waals surface area (Å²) in [6.07, 6.45) is 1.75. The zero-order valence-electron chi connectivity index (χ0n) is 11.4. The van der Waals surface area contributed by atoms with Gasteiger partial charge in [0.2, 0.25) is 0 Å². The molecule has 0 saturated carbocycles. The topological polar surface area (TPSA) is 61.2 Å². The molecule has 0 aliphatic rings. The Kier molecular flexibility index (Phi) is 4.35. The molecule has 6 heteroatoms. The molecule has 102 valence electrons. The maximum Gasteiger partial charge on any atom is 0.127 e. The fraction of sp³-hybridized carbons (Fsp3) is 0.385. The summed E-state index contributed by atoms with van der Waals surface area (Å²) >= 11 is 0. The summed E-state index contributed by atoms with van der Waals surface area (Å²) in [5.74, 6) is 1.60. The maximum absolute atomic E-state index is 5.35. The van der Waals surface area contributed by atoms with Crippen molar-refractivity contribution in [2.45, 2.75) is 13.1 Å². The van der Waals surface area contributed by atoms with Crippen LogP contribution in [0.4, 0.5) is 0 Å². The van der Waals surface area contributed by atoms with Crippen LogP contribution in [0.1, 0.15) is 11.3 Å². The first kappa shape index (κ1) is 13.4. The Hall–Kier alpha value is -2.08. The Bertz CT molecular complexity index is 539. The van der Waals surface area contributed by atoms with Crippen molar-refractivity contribution < 1.29 is 9.47 Å². The van der Waals surface area contributed by atoms with Crippen LogP contribution < -0.4 is 14.8 Å². The molecule has 0 bridgehead atoms. The number of nitrogens with zero attached hydrogens (tertiary/aromatic N) is 3. The highest BCUT2D eigenvalue weighted by molar-refractivity contribution is 5.40. The van der Waals surface area contributed by atoms with Crippen LogP contribution in [0, 0.1) is 0 Å². The highest BCUT2D eigenvalue weighted by Crippen LogP contribution is 2.24. The third-order valence-electron chi connectivity index (χ3n) is 2.92. The minimum absolute atomic E-state index is 0.707. The molecule has 0 amide bonds. The molecule has 19 heavy (non-hydrogen) atoms. The lowest BCUT2D eigenvalue weighted by molar-refractivity contribution is 0.389. The predicted molar refractivity (Wildman–Crippen MR) is 71.1 cm³/mol. The lowest BCUT2D eigenvalue weighted by atomic mass is 10.2. The summed E-state index contributed by atoms with van der Waals surface area (Å²) in [6, 6.07) is 5.79. The van der Waals surface area contributed by atoms with Gasteiger partial charge in [0.25, 0.3) is 0 Å². The van der Waals surface area contributed by atoms with Gasteiger partial charge in [-0.3, -0.25) is 4.68 Å². The molecule has 0 radical (unpaired) electrons. The predicted octanol–water partition coefficient (Wildman–Crippen LogP) is 1.12. The van der Waals surface area contributed by atoms with E-state index in [4.69, 9.17) is 9.47 Å². The molecular formula is C13H18N4O2. The maximum atomic E-state index is 5.35. The number of methoxy groups -OCH3 is 2. The van der Waals surface area contributed by atoms with Gasteiger partial charge >= 0.3 is 0 Å². The van der Waals surface area contributed by atoms with Crippen LogP contribution in [0.3, 0.4) is 0 Å². The van der Waals surface area contributed by atoms with E-state index in [0.29, 0.717) is 13.1 Å². The Labute approximate surface area is 112 Å².